The SMILES string of the molecule is CC(C)[C@@H](NC(=O)c1ccccn1)c1nnc2n1CCN(C(=O)/C=C/c1cccs1)CC2. The topological polar surface area (TPSA) is 93.0 Å². The van der Waals surface area contributed by atoms with Crippen molar-refractivity contribution in [1.29, 1.82) is 0 Å². The lowest BCUT2D eigenvalue weighted by Crippen LogP contribution is -2.35. The Kier molecular flexibility index (Phi) is 6.75. The lowest BCUT2D eigenvalue weighted by Gasteiger charge is -2.23. The van der Waals surface area contributed by atoms with Crippen LogP contribution in [-0.4, -0.2) is 49.6 Å². The molecule has 1 aliphatic heterocycles. The van der Waals surface area contributed by atoms with Crippen molar-refractivity contribution in [3.63, 3.8) is 0 Å². The highest BCUT2D eigenvalue weighted by Crippen LogP contribution is 2.23. The Balaban J connectivity index is 1.47. The van der Waals surface area contributed by atoms with Crippen LogP contribution in [0.15, 0.2) is 48.0 Å². The summed E-state index contributed by atoms with van der Waals surface area (Å²) in [6, 6.07) is 8.88. The average molecular weight is 451 g/mol. The van der Waals surface area contributed by atoms with Crippen LogP contribution in [0.3, 0.4) is 0 Å². The standard InChI is InChI=1S/C23H26N6O2S/c1-16(2)21(25-23(31)18-7-3-4-11-24-18)22-27-26-19-10-12-28(13-14-29(19)22)20(30)9-8-17-6-5-15-32-17/h3-9,11,15-16,21H,10,12-14H2,1-2H3,(H,25,31)/b9-8+/t21-/m1/s1. The van der Waals surface area contributed by atoms with E-state index in [-0.39, 0.29) is 23.8 Å². The molecule has 4 rings (SSSR count). The van der Waals surface area contributed by atoms with Crippen LogP contribution in [0.5, 0.6) is 0 Å². The molecular formula is C23H26N6O2S. The van der Waals surface area contributed by atoms with Crippen molar-refractivity contribution in [2.45, 2.75) is 32.9 Å². The van der Waals surface area contributed by atoms with Gasteiger partial charge < -0.3 is 14.8 Å². The Hall–Kier alpha value is -3.33. The van der Waals surface area contributed by atoms with Gasteiger partial charge >= 0.3 is 0 Å². The zero-order valence-electron chi connectivity index (χ0n) is 18.1. The van der Waals surface area contributed by atoms with Crippen LogP contribution < -0.4 is 5.32 Å². The number of thiophene rings is 1. The number of hydrogen-bond donors (Lipinski definition) is 1. The van der Waals surface area contributed by atoms with E-state index in [0.29, 0.717) is 37.6 Å². The Morgan fingerprint density at radius 3 is 2.72 bits per heavy atom. The minimum atomic E-state index is -0.313. The van der Waals surface area contributed by atoms with Gasteiger partial charge in [0.15, 0.2) is 5.82 Å². The maximum atomic E-state index is 12.7. The average Bonchev–Trinajstić information content (AvgIpc) is 3.41. The lowest BCUT2D eigenvalue weighted by molar-refractivity contribution is -0.125. The fraction of sp³-hybridized carbons (Fsp3) is 0.348. The third-order valence-corrected chi connectivity index (χ3v) is 6.27. The van der Waals surface area contributed by atoms with Crippen LogP contribution >= 0.6 is 11.3 Å². The van der Waals surface area contributed by atoms with Gasteiger partial charge in [-0.1, -0.05) is 26.0 Å². The first-order chi connectivity index (χ1) is 15.5. The van der Waals surface area contributed by atoms with E-state index in [4.69, 9.17) is 0 Å². The van der Waals surface area contributed by atoms with Gasteiger partial charge in [-0.25, -0.2) is 0 Å². The second kappa shape index (κ2) is 9.86. The van der Waals surface area contributed by atoms with Crippen molar-refractivity contribution >= 4 is 29.2 Å². The predicted molar refractivity (Wildman–Crippen MR) is 123 cm³/mol. The molecular weight excluding hydrogens is 424 g/mol. The van der Waals surface area contributed by atoms with Crippen LogP contribution in [0, 0.1) is 5.92 Å². The fourth-order valence-electron chi connectivity index (χ4n) is 3.68. The quantitative estimate of drug-likeness (QED) is 0.583. The second-order valence-corrected chi connectivity index (χ2v) is 8.94. The molecule has 0 spiro atoms. The van der Waals surface area contributed by atoms with E-state index >= 15 is 0 Å². The first-order valence-corrected chi connectivity index (χ1v) is 11.5. The molecule has 3 aromatic heterocycles. The van der Waals surface area contributed by atoms with E-state index in [1.54, 1.807) is 41.8 Å². The van der Waals surface area contributed by atoms with Crippen molar-refractivity contribution < 1.29 is 9.59 Å². The van der Waals surface area contributed by atoms with Crippen molar-refractivity contribution in [1.82, 2.24) is 30.0 Å². The van der Waals surface area contributed by atoms with Crippen LogP contribution in [0.25, 0.3) is 6.08 Å². The maximum Gasteiger partial charge on any atom is 0.270 e. The first-order valence-electron chi connectivity index (χ1n) is 10.7. The van der Waals surface area contributed by atoms with Gasteiger partial charge in [0.25, 0.3) is 5.91 Å². The fourth-order valence-corrected chi connectivity index (χ4v) is 4.30. The molecule has 0 fully saturated rings. The molecule has 0 bridgehead atoms. The molecule has 0 saturated heterocycles. The highest BCUT2D eigenvalue weighted by atomic mass is 32.1. The van der Waals surface area contributed by atoms with E-state index in [0.717, 1.165) is 10.7 Å². The molecule has 32 heavy (non-hydrogen) atoms. The Morgan fingerprint density at radius 1 is 1.12 bits per heavy atom. The van der Waals surface area contributed by atoms with Gasteiger partial charge in [-0.05, 0) is 35.6 Å². The van der Waals surface area contributed by atoms with E-state index in [2.05, 4.69) is 20.5 Å². The molecule has 1 aliphatic rings. The van der Waals surface area contributed by atoms with E-state index in [1.165, 1.54) is 0 Å². The van der Waals surface area contributed by atoms with Crippen LogP contribution in [-0.2, 0) is 17.8 Å². The highest BCUT2D eigenvalue weighted by molar-refractivity contribution is 7.10. The van der Waals surface area contributed by atoms with Crippen molar-refractivity contribution in [2.75, 3.05) is 13.1 Å². The zero-order valence-corrected chi connectivity index (χ0v) is 19.0. The van der Waals surface area contributed by atoms with Gasteiger partial charge in [0.2, 0.25) is 5.91 Å². The van der Waals surface area contributed by atoms with Crippen molar-refractivity contribution in [3.05, 3.63) is 70.2 Å². The predicted octanol–water partition coefficient (Wildman–Crippen LogP) is 2.96. The van der Waals surface area contributed by atoms with Crippen molar-refractivity contribution in [3.8, 4) is 0 Å². The number of amides is 2. The Bertz CT molecular complexity index is 1090. The summed E-state index contributed by atoms with van der Waals surface area (Å²) in [5, 5.41) is 13.8. The lowest BCUT2D eigenvalue weighted by atomic mass is 10.0. The van der Waals surface area contributed by atoms with Crippen LogP contribution in [0.1, 0.15) is 46.9 Å². The smallest absolute Gasteiger partial charge is 0.270 e. The molecule has 9 heteroatoms. The van der Waals surface area contributed by atoms with Gasteiger partial charge in [0.1, 0.15) is 11.5 Å². The number of hydrogen-bond acceptors (Lipinski definition) is 6. The maximum absolute atomic E-state index is 12.7. The number of aromatic nitrogens is 4. The summed E-state index contributed by atoms with van der Waals surface area (Å²) >= 11 is 1.60. The Labute approximate surface area is 191 Å². The number of pyridine rings is 1. The second-order valence-electron chi connectivity index (χ2n) is 7.96. The summed E-state index contributed by atoms with van der Waals surface area (Å²) in [5.41, 5.74) is 0.364. The first kappa shape index (κ1) is 21.9. The van der Waals surface area contributed by atoms with E-state index < -0.39 is 0 Å². The van der Waals surface area contributed by atoms with E-state index in [9.17, 15) is 9.59 Å². The van der Waals surface area contributed by atoms with Crippen LogP contribution in [0.4, 0.5) is 0 Å². The molecule has 1 N–H and O–H groups in total. The van der Waals surface area contributed by atoms with Gasteiger partial charge in [0.05, 0.1) is 6.04 Å². The molecule has 4 heterocycles. The summed E-state index contributed by atoms with van der Waals surface area (Å²) in [6.45, 7) is 5.79. The molecule has 166 valence electrons. The summed E-state index contributed by atoms with van der Waals surface area (Å²) in [6.07, 6.45) is 5.69. The minimum Gasteiger partial charge on any atom is -0.340 e. The van der Waals surface area contributed by atoms with E-state index in [1.807, 2.05) is 46.9 Å². The highest BCUT2D eigenvalue weighted by Gasteiger charge is 2.28. The van der Waals surface area contributed by atoms with Crippen molar-refractivity contribution in [2.24, 2.45) is 5.92 Å². The monoisotopic (exact) mass is 450 g/mol. The molecule has 0 unspecified atom stereocenters. The summed E-state index contributed by atoms with van der Waals surface area (Å²) in [4.78, 5) is 32.4. The molecule has 8 nitrogen and oxygen atoms in total. The third kappa shape index (κ3) is 4.94. The van der Waals surface area contributed by atoms with Crippen LogP contribution in [0.2, 0.25) is 0 Å². The largest absolute Gasteiger partial charge is 0.340 e. The molecule has 0 aromatic carbocycles. The summed E-state index contributed by atoms with van der Waals surface area (Å²) in [7, 11) is 0. The van der Waals surface area contributed by atoms with Gasteiger partial charge in [-0.3, -0.25) is 14.6 Å². The molecule has 0 radical (unpaired) electrons. The summed E-state index contributed by atoms with van der Waals surface area (Å²) < 4.78 is 2.04. The van der Waals surface area contributed by atoms with Gasteiger partial charge in [-0.15, -0.1) is 21.5 Å². The van der Waals surface area contributed by atoms with Gasteiger partial charge in [-0.2, -0.15) is 0 Å². The third-order valence-electron chi connectivity index (χ3n) is 5.43. The number of nitrogens with one attached hydrogen (secondary N) is 1. The molecule has 3 aromatic rings. The molecule has 0 aliphatic carbocycles. The summed E-state index contributed by atoms with van der Waals surface area (Å²) in [5.74, 6) is 1.39. The van der Waals surface area contributed by atoms with Gasteiger partial charge in [0, 0.05) is 43.2 Å². The molecule has 1 atom stereocenters. The molecule has 0 saturated carbocycles. The Morgan fingerprint density at radius 2 is 2.00 bits per heavy atom. The number of rotatable bonds is 6. The number of nitrogens with zero attached hydrogens (tertiary/aromatic N) is 5. The minimum absolute atomic E-state index is 0.0115. The zero-order chi connectivity index (χ0) is 22.5. The number of fused-ring (bicyclic) bond motifs is 1. The number of carbonyl (C=O) groups excluding carboxylic acids is 2. The molecule has 2 amide bonds. The normalized spacial score (nSPS) is 14.9. The number of carbonyl (C=O) groups is 2.